The highest BCUT2D eigenvalue weighted by molar-refractivity contribution is 9.10. The average Bonchev–Trinajstić information content (AvgIpc) is 2.68. The fraction of sp³-hybridized carbons (Fsp3) is 0.182. The van der Waals surface area contributed by atoms with E-state index in [1.54, 1.807) is 29.4 Å². The number of imidazole rings is 1. The lowest BCUT2D eigenvalue weighted by Gasteiger charge is -2.10. The Hall–Kier alpha value is -1.30. The lowest BCUT2D eigenvalue weighted by molar-refractivity contribution is -0.137. The van der Waals surface area contributed by atoms with Crippen LogP contribution in [0.2, 0.25) is 0 Å². The molecule has 0 aliphatic carbocycles. The van der Waals surface area contributed by atoms with E-state index >= 15 is 0 Å². The van der Waals surface area contributed by atoms with Gasteiger partial charge in [0.2, 0.25) is 0 Å². The van der Waals surface area contributed by atoms with Crippen molar-refractivity contribution in [3.63, 3.8) is 0 Å². The van der Waals surface area contributed by atoms with Crippen LogP contribution in [-0.4, -0.2) is 9.55 Å². The van der Waals surface area contributed by atoms with Crippen molar-refractivity contribution in [1.29, 1.82) is 0 Å². The molecule has 0 aliphatic heterocycles. The summed E-state index contributed by atoms with van der Waals surface area (Å²) >= 11 is 3.08. The minimum absolute atomic E-state index is 0.364. The Balaban J connectivity index is 2.32. The zero-order chi connectivity index (χ0) is 12.5. The van der Waals surface area contributed by atoms with Crippen LogP contribution in [0.25, 0.3) is 0 Å². The molecule has 0 atom stereocenters. The van der Waals surface area contributed by atoms with E-state index in [2.05, 4.69) is 20.9 Å². The summed E-state index contributed by atoms with van der Waals surface area (Å²) in [6.45, 7) is 0.364. The minimum atomic E-state index is -4.33. The van der Waals surface area contributed by atoms with Crippen LogP contribution in [0.15, 0.2) is 41.4 Å². The van der Waals surface area contributed by atoms with Gasteiger partial charge in [-0.2, -0.15) is 13.2 Å². The fourth-order valence-electron chi connectivity index (χ4n) is 1.50. The molecule has 1 aromatic carbocycles. The van der Waals surface area contributed by atoms with Gasteiger partial charge in [-0.3, -0.25) is 0 Å². The third-order valence-corrected chi connectivity index (χ3v) is 2.67. The molecular formula is C11H8BrF3N2. The Bertz CT molecular complexity index is 506. The van der Waals surface area contributed by atoms with Gasteiger partial charge in [-0.1, -0.05) is 15.9 Å². The number of hydrogen-bond acceptors (Lipinski definition) is 1. The molecule has 0 N–H and O–H groups in total. The van der Waals surface area contributed by atoms with Crippen LogP contribution in [0.1, 0.15) is 11.1 Å². The second-order valence-electron chi connectivity index (χ2n) is 3.58. The molecule has 0 spiro atoms. The molecule has 17 heavy (non-hydrogen) atoms. The van der Waals surface area contributed by atoms with Gasteiger partial charge in [0.25, 0.3) is 0 Å². The van der Waals surface area contributed by atoms with Gasteiger partial charge in [0.1, 0.15) is 0 Å². The van der Waals surface area contributed by atoms with Crippen LogP contribution in [0, 0.1) is 0 Å². The zero-order valence-corrected chi connectivity index (χ0v) is 10.2. The first-order chi connectivity index (χ1) is 7.95. The van der Waals surface area contributed by atoms with E-state index in [4.69, 9.17) is 0 Å². The molecule has 6 heteroatoms. The summed E-state index contributed by atoms with van der Waals surface area (Å²) in [5.41, 5.74) is -0.0771. The summed E-state index contributed by atoms with van der Waals surface area (Å²) in [5, 5.41) is 0. The van der Waals surface area contributed by atoms with Crippen molar-refractivity contribution < 1.29 is 13.2 Å². The summed E-state index contributed by atoms with van der Waals surface area (Å²) in [6.07, 6.45) is 0.526. The van der Waals surface area contributed by atoms with Crippen LogP contribution in [-0.2, 0) is 12.7 Å². The smallest absolute Gasteiger partial charge is 0.333 e. The second kappa shape index (κ2) is 4.52. The minimum Gasteiger partial charge on any atom is -0.333 e. The quantitative estimate of drug-likeness (QED) is 0.827. The standard InChI is InChI=1S/C11H8BrF3N2/c12-10-4-8(6-17-2-1-16-7-17)3-9(5-10)11(13,14)15/h1-5,7H,6H2. The van der Waals surface area contributed by atoms with E-state index in [1.165, 1.54) is 0 Å². The van der Waals surface area contributed by atoms with Crippen molar-refractivity contribution in [3.05, 3.63) is 52.5 Å². The molecule has 0 radical (unpaired) electrons. The highest BCUT2D eigenvalue weighted by Crippen LogP contribution is 2.32. The molecule has 0 fully saturated rings. The van der Waals surface area contributed by atoms with Gasteiger partial charge in [0.05, 0.1) is 11.9 Å². The Kier molecular flexibility index (Phi) is 3.24. The van der Waals surface area contributed by atoms with Crippen LogP contribution in [0.5, 0.6) is 0 Å². The van der Waals surface area contributed by atoms with Crippen molar-refractivity contribution in [3.8, 4) is 0 Å². The number of rotatable bonds is 2. The van der Waals surface area contributed by atoms with Gasteiger partial charge in [0.15, 0.2) is 0 Å². The van der Waals surface area contributed by atoms with E-state index < -0.39 is 11.7 Å². The Morgan fingerprint density at radius 2 is 2.00 bits per heavy atom. The van der Waals surface area contributed by atoms with Crippen molar-refractivity contribution in [2.45, 2.75) is 12.7 Å². The maximum atomic E-state index is 12.6. The largest absolute Gasteiger partial charge is 0.416 e. The highest BCUT2D eigenvalue weighted by atomic mass is 79.9. The topological polar surface area (TPSA) is 17.8 Å². The van der Waals surface area contributed by atoms with E-state index in [0.717, 1.165) is 12.1 Å². The van der Waals surface area contributed by atoms with Crippen molar-refractivity contribution in [1.82, 2.24) is 9.55 Å². The molecule has 0 aliphatic rings. The number of nitrogens with zero attached hydrogens (tertiary/aromatic N) is 2. The third kappa shape index (κ3) is 3.09. The molecular weight excluding hydrogens is 297 g/mol. The number of hydrogen-bond donors (Lipinski definition) is 0. The van der Waals surface area contributed by atoms with E-state index in [1.807, 2.05) is 0 Å². The summed E-state index contributed by atoms with van der Waals surface area (Å²) < 4.78 is 39.9. The normalized spacial score (nSPS) is 11.8. The molecule has 1 heterocycles. The predicted molar refractivity (Wildman–Crippen MR) is 60.5 cm³/mol. The van der Waals surface area contributed by atoms with Gasteiger partial charge >= 0.3 is 6.18 Å². The maximum absolute atomic E-state index is 12.6. The van der Waals surface area contributed by atoms with Crippen LogP contribution in [0.3, 0.4) is 0 Å². The zero-order valence-electron chi connectivity index (χ0n) is 8.58. The van der Waals surface area contributed by atoms with Gasteiger partial charge in [-0.15, -0.1) is 0 Å². The first kappa shape index (κ1) is 12.2. The van der Waals surface area contributed by atoms with Crippen molar-refractivity contribution in [2.75, 3.05) is 0 Å². The summed E-state index contributed by atoms with van der Waals surface area (Å²) in [6, 6.07) is 3.87. The van der Waals surface area contributed by atoms with Gasteiger partial charge in [-0.25, -0.2) is 4.98 Å². The van der Waals surface area contributed by atoms with Crippen molar-refractivity contribution >= 4 is 15.9 Å². The monoisotopic (exact) mass is 304 g/mol. The fourth-order valence-corrected chi connectivity index (χ4v) is 2.04. The van der Waals surface area contributed by atoms with Crippen LogP contribution in [0.4, 0.5) is 13.2 Å². The molecule has 0 saturated heterocycles. The Morgan fingerprint density at radius 1 is 1.24 bits per heavy atom. The number of halogens is 4. The highest BCUT2D eigenvalue weighted by Gasteiger charge is 2.30. The first-order valence-electron chi connectivity index (χ1n) is 4.77. The van der Waals surface area contributed by atoms with Crippen molar-refractivity contribution in [2.24, 2.45) is 0 Å². The number of aromatic nitrogens is 2. The van der Waals surface area contributed by atoms with E-state index in [9.17, 15) is 13.2 Å². The maximum Gasteiger partial charge on any atom is 0.416 e. The summed E-state index contributed by atoms with van der Waals surface area (Å²) in [7, 11) is 0. The molecule has 0 bridgehead atoms. The third-order valence-electron chi connectivity index (χ3n) is 2.21. The van der Waals surface area contributed by atoms with Gasteiger partial charge in [0, 0.05) is 23.4 Å². The number of alkyl halides is 3. The van der Waals surface area contributed by atoms with Crippen LogP contribution >= 0.6 is 15.9 Å². The Morgan fingerprint density at radius 3 is 2.59 bits per heavy atom. The number of benzene rings is 1. The molecule has 0 amide bonds. The molecule has 0 saturated carbocycles. The first-order valence-corrected chi connectivity index (χ1v) is 5.57. The predicted octanol–water partition coefficient (Wildman–Crippen LogP) is 3.71. The summed E-state index contributed by atoms with van der Waals surface area (Å²) in [5.74, 6) is 0. The molecule has 90 valence electrons. The SMILES string of the molecule is FC(F)(F)c1cc(Br)cc(Cn2ccnc2)c1. The Labute approximate surface area is 104 Å². The lowest BCUT2D eigenvalue weighted by atomic mass is 10.1. The van der Waals surface area contributed by atoms with E-state index in [0.29, 0.717) is 16.6 Å². The molecule has 1 aromatic heterocycles. The van der Waals surface area contributed by atoms with E-state index in [-0.39, 0.29) is 0 Å². The molecule has 2 rings (SSSR count). The van der Waals surface area contributed by atoms with Gasteiger partial charge < -0.3 is 4.57 Å². The molecule has 0 unspecified atom stereocenters. The summed E-state index contributed by atoms with van der Waals surface area (Å²) in [4.78, 5) is 3.84. The van der Waals surface area contributed by atoms with Gasteiger partial charge in [-0.05, 0) is 23.8 Å². The second-order valence-corrected chi connectivity index (χ2v) is 4.50. The van der Waals surface area contributed by atoms with Crippen LogP contribution < -0.4 is 0 Å². The lowest BCUT2D eigenvalue weighted by Crippen LogP contribution is -2.06. The molecule has 2 nitrogen and oxygen atoms in total. The average molecular weight is 305 g/mol. The molecule has 2 aromatic rings.